The summed E-state index contributed by atoms with van der Waals surface area (Å²) >= 11 is 0. The SMILES string of the molecule is CCC(CC)(CN)C(=O)NCc1cccc(-n2cncn2)c1.Cl. The summed E-state index contributed by atoms with van der Waals surface area (Å²) in [7, 11) is 0. The highest BCUT2D eigenvalue weighted by atomic mass is 35.5. The van der Waals surface area contributed by atoms with Crippen molar-refractivity contribution in [2.24, 2.45) is 11.1 Å². The van der Waals surface area contributed by atoms with Gasteiger partial charge in [-0.1, -0.05) is 26.0 Å². The van der Waals surface area contributed by atoms with Crippen LogP contribution in [0.3, 0.4) is 0 Å². The topological polar surface area (TPSA) is 85.8 Å². The maximum Gasteiger partial charge on any atom is 0.227 e. The minimum Gasteiger partial charge on any atom is -0.352 e. The van der Waals surface area contributed by atoms with Gasteiger partial charge < -0.3 is 11.1 Å². The van der Waals surface area contributed by atoms with Gasteiger partial charge in [0.1, 0.15) is 12.7 Å². The van der Waals surface area contributed by atoms with E-state index in [0.717, 1.165) is 24.1 Å². The fourth-order valence-corrected chi connectivity index (χ4v) is 2.47. The van der Waals surface area contributed by atoms with Gasteiger partial charge >= 0.3 is 0 Å². The van der Waals surface area contributed by atoms with E-state index in [1.807, 2.05) is 38.1 Å². The molecule has 3 N–H and O–H groups in total. The van der Waals surface area contributed by atoms with E-state index in [0.29, 0.717) is 13.1 Å². The first-order valence-electron chi connectivity index (χ1n) is 7.57. The van der Waals surface area contributed by atoms with Crippen LogP contribution in [0.5, 0.6) is 0 Å². The number of nitrogens with two attached hydrogens (primary N) is 1. The molecular weight excluding hydrogens is 314 g/mol. The van der Waals surface area contributed by atoms with E-state index in [2.05, 4.69) is 15.4 Å². The van der Waals surface area contributed by atoms with Crippen molar-refractivity contribution in [3.63, 3.8) is 0 Å². The van der Waals surface area contributed by atoms with Gasteiger partial charge in [0.25, 0.3) is 0 Å². The molecule has 2 rings (SSSR count). The van der Waals surface area contributed by atoms with E-state index >= 15 is 0 Å². The first-order chi connectivity index (χ1) is 10.6. The second kappa shape index (κ2) is 8.64. The van der Waals surface area contributed by atoms with Crippen molar-refractivity contribution in [2.75, 3.05) is 6.54 Å². The molecule has 1 heterocycles. The second-order valence-electron chi connectivity index (χ2n) is 5.38. The largest absolute Gasteiger partial charge is 0.352 e. The molecule has 0 aliphatic carbocycles. The van der Waals surface area contributed by atoms with Crippen molar-refractivity contribution in [3.05, 3.63) is 42.5 Å². The average Bonchev–Trinajstić information content (AvgIpc) is 3.10. The number of hydrogen-bond acceptors (Lipinski definition) is 4. The van der Waals surface area contributed by atoms with Crippen molar-refractivity contribution in [3.8, 4) is 5.69 Å². The van der Waals surface area contributed by atoms with Crippen molar-refractivity contribution in [2.45, 2.75) is 33.2 Å². The minimum absolute atomic E-state index is 0. The Balaban J connectivity index is 0.00000264. The van der Waals surface area contributed by atoms with Crippen LogP contribution in [-0.4, -0.2) is 27.2 Å². The number of nitrogens with zero attached hydrogens (tertiary/aromatic N) is 3. The van der Waals surface area contributed by atoms with Gasteiger partial charge in [-0.15, -0.1) is 12.4 Å². The Morgan fingerprint density at radius 3 is 2.65 bits per heavy atom. The van der Waals surface area contributed by atoms with Crippen LogP contribution in [-0.2, 0) is 11.3 Å². The van der Waals surface area contributed by atoms with Gasteiger partial charge in [-0.25, -0.2) is 9.67 Å². The maximum atomic E-state index is 12.4. The Kier molecular flexibility index (Phi) is 7.19. The van der Waals surface area contributed by atoms with E-state index < -0.39 is 5.41 Å². The zero-order chi connectivity index (χ0) is 16.0. The predicted octanol–water partition coefficient (Wildman–Crippen LogP) is 2.07. The summed E-state index contributed by atoms with van der Waals surface area (Å²) in [5.74, 6) is 0.0196. The van der Waals surface area contributed by atoms with Gasteiger partial charge in [0.2, 0.25) is 5.91 Å². The molecule has 7 heteroatoms. The number of hydrogen-bond donors (Lipinski definition) is 2. The zero-order valence-corrected chi connectivity index (χ0v) is 14.3. The van der Waals surface area contributed by atoms with Crippen molar-refractivity contribution < 1.29 is 4.79 Å². The number of benzene rings is 1. The third kappa shape index (κ3) is 4.30. The molecule has 0 unspecified atom stereocenters. The summed E-state index contributed by atoms with van der Waals surface area (Å²) in [4.78, 5) is 16.4. The monoisotopic (exact) mass is 337 g/mol. The second-order valence-corrected chi connectivity index (χ2v) is 5.38. The molecule has 0 aliphatic heterocycles. The van der Waals surface area contributed by atoms with E-state index in [9.17, 15) is 4.79 Å². The first-order valence-corrected chi connectivity index (χ1v) is 7.57. The van der Waals surface area contributed by atoms with Crippen LogP contribution in [0, 0.1) is 5.41 Å². The normalized spacial score (nSPS) is 10.9. The van der Waals surface area contributed by atoms with Crippen molar-refractivity contribution >= 4 is 18.3 Å². The van der Waals surface area contributed by atoms with Crippen molar-refractivity contribution in [1.29, 1.82) is 0 Å². The van der Waals surface area contributed by atoms with Crippen molar-refractivity contribution in [1.82, 2.24) is 20.1 Å². The van der Waals surface area contributed by atoms with Crippen LogP contribution in [0.25, 0.3) is 5.69 Å². The van der Waals surface area contributed by atoms with E-state index in [-0.39, 0.29) is 18.3 Å². The van der Waals surface area contributed by atoms with Gasteiger partial charge in [-0.05, 0) is 30.5 Å². The fourth-order valence-electron chi connectivity index (χ4n) is 2.47. The standard InChI is InChI=1S/C16H23N5O.ClH/c1-3-16(4-2,10-17)15(22)19-9-13-6-5-7-14(8-13)21-12-18-11-20-21;/h5-8,11-12H,3-4,9-10,17H2,1-2H3,(H,19,22);1H. The number of rotatable bonds is 7. The lowest BCUT2D eigenvalue weighted by atomic mass is 9.81. The number of carbonyl (C=O) groups excluding carboxylic acids is 1. The smallest absolute Gasteiger partial charge is 0.227 e. The molecule has 0 saturated carbocycles. The van der Waals surface area contributed by atoms with Gasteiger partial charge in [0.15, 0.2) is 0 Å². The number of aromatic nitrogens is 3. The molecule has 1 aromatic heterocycles. The predicted molar refractivity (Wildman–Crippen MR) is 92.5 cm³/mol. The maximum absolute atomic E-state index is 12.4. The fraction of sp³-hybridized carbons (Fsp3) is 0.438. The Hall–Kier alpha value is -1.92. The summed E-state index contributed by atoms with van der Waals surface area (Å²) in [6, 6.07) is 7.84. The Morgan fingerprint density at radius 2 is 2.09 bits per heavy atom. The summed E-state index contributed by atoms with van der Waals surface area (Å²) in [5.41, 5.74) is 7.27. The lowest BCUT2D eigenvalue weighted by Crippen LogP contribution is -2.45. The molecule has 0 saturated heterocycles. The number of carbonyl (C=O) groups is 1. The molecule has 0 spiro atoms. The average molecular weight is 338 g/mol. The molecule has 6 nitrogen and oxygen atoms in total. The number of amides is 1. The van der Waals surface area contributed by atoms with Crippen LogP contribution in [0.1, 0.15) is 32.3 Å². The Labute approximate surface area is 142 Å². The molecule has 0 bridgehead atoms. The number of halogens is 1. The lowest BCUT2D eigenvalue weighted by Gasteiger charge is -2.28. The highest BCUT2D eigenvalue weighted by Crippen LogP contribution is 2.25. The van der Waals surface area contributed by atoms with Crippen LogP contribution in [0.4, 0.5) is 0 Å². The molecule has 0 fully saturated rings. The lowest BCUT2D eigenvalue weighted by molar-refractivity contribution is -0.131. The van der Waals surface area contributed by atoms with Gasteiger partial charge in [0, 0.05) is 13.1 Å². The highest BCUT2D eigenvalue weighted by molar-refractivity contribution is 5.85. The summed E-state index contributed by atoms with van der Waals surface area (Å²) in [6.45, 7) is 4.84. The molecule has 1 amide bonds. The molecule has 126 valence electrons. The van der Waals surface area contributed by atoms with Gasteiger partial charge in [-0.3, -0.25) is 4.79 Å². The van der Waals surface area contributed by atoms with E-state index in [1.165, 1.54) is 6.33 Å². The first kappa shape index (κ1) is 19.1. The summed E-state index contributed by atoms with van der Waals surface area (Å²) < 4.78 is 1.69. The molecule has 0 aliphatic rings. The summed E-state index contributed by atoms with van der Waals surface area (Å²) in [5, 5.41) is 7.10. The molecule has 1 aromatic carbocycles. The number of nitrogens with one attached hydrogen (secondary N) is 1. The van der Waals surface area contributed by atoms with Crippen LogP contribution >= 0.6 is 12.4 Å². The molecule has 2 aromatic rings. The van der Waals surface area contributed by atoms with E-state index in [1.54, 1.807) is 11.0 Å². The minimum atomic E-state index is -0.469. The molecule has 23 heavy (non-hydrogen) atoms. The third-order valence-electron chi connectivity index (χ3n) is 4.27. The van der Waals surface area contributed by atoms with Crippen LogP contribution in [0.2, 0.25) is 0 Å². The van der Waals surface area contributed by atoms with Crippen LogP contribution in [0.15, 0.2) is 36.9 Å². The highest BCUT2D eigenvalue weighted by Gasteiger charge is 2.32. The van der Waals surface area contributed by atoms with Crippen LogP contribution < -0.4 is 11.1 Å². The molecular formula is C16H24ClN5O. The van der Waals surface area contributed by atoms with Gasteiger partial charge in [0.05, 0.1) is 11.1 Å². The zero-order valence-electron chi connectivity index (χ0n) is 13.5. The third-order valence-corrected chi connectivity index (χ3v) is 4.27. The van der Waals surface area contributed by atoms with E-state index in [4.69, 9.17) is 5.73 Å². The summed E-state index contributed by atoms with van der Waals surface area (Å²) in [6.07, 6.45) is 4.62. The molecule has 0 atom stereocenters. The Bertz CT molecular complexity index is 602. The van der Waals surface area contributed by atoms with Gasteiger partial charge in [-0.2, -0.15) is 5.10 Å². The Morgan fingerprint density at radius 1 is 1.35 bits per heavy atom. The quantitative estimate of drug-likeness (QED) is 0.809. The molecule has 0 radical (unpaired) electrons.